The number of rotatable bonds is 2. The first-order valence-electron chi connectivity index (χ1n) is 5.29. The van der Waals surface area contributed by atoms with Crippen molar-refractivity contribution in [1.29, 1.82) is 0 Å². The maximum atomic E-state index is 11.0. The number of carboxylic acid groups (broad SMARTS) is 1. The summed E-state index contributed by atoms with van der Waals surface area (Å²) >= 11 is 0. The highest BCUT2D eigenvalue weighted by Gasteiger charge is 2.32. The largest absolute Gasteiger partial charge is 0.476 e. The summed E-state index contributed by atoms with van der Waals surface area (Å²) in [6.07, 6.45) is 3.99. The Morgan fingerprint density at radius 2 is 2.12 bits per heavy atom. The van der Waals surface area contributed by atoms with Gasteiger partial charge in [0.2, 0.25) is 0 Å². The summed E-state index contributed by atoms with van der Waals surface area (Å²) in [4.78, 5) is 21.0. The number of anilines is 1. The molecular weight excluding hydrogens is 206 g/mol. The van der Waals surface area contributed by atoms with Crippen molar-refractivity contribution < 1.29 is 9.90 Å². The average Bonchev–Trinajstić information content (AvgIpc) is 2.59. The Hall–Kier alpha value is -1.65. The third-order valence-corrected chi connectivity index (χ3v) is 2.86. The molecule has 5 heteroatoms. The van der Waals surface area contributed by atoms with Gasteiger partial charge in [-0.1, -0.05) is 13.8 Å². The van der Waals surface area contributed by atoms with E-state index < -0.39 is 5.97 Å². The molecule has 0 aromatic carbocycles. The van der Waals surface area contributed by atoms with Crippen molar-refractivity contribution in [3.63, 3.8) is 0 Å². The van der Waals surface area contributed by atoms with Crippen LogP contribution in [0.3, 0.4) is 0 Å². The summed E-state index contributed by atoms with van der Waals surface area (Å²) in [5.74, 6) is -0.534. The first-order valence-corrected chi connectivity index (χ1v) is 5.29. The van der Waals surface area contributed by atoms with E-state index in [1.165, 1.54) is 12.4 Å². The van der Waals surface area contributed by atoms with Gasteiger partial charge in [-0.2, -0.15) is 0 Å². The van der Waals surface area contributed by atoms with Crippen molar-refractivity contribution in [2.45, 2.75) is 20.3 Å². The molecule has 1 aromatic heterocycles. The van der Waals surface area contributed by atoms with Crippen molar-refractivity contribution in [1.82, 2.24) is 9.97 Å². The zero-order valence-corrected chi connectivity index (χ0v) is 9.47. The van der Waals surface area contributed by atoms with E-state index >= 15 is 0 Å². The summed E-state index contributed by atoms with van der Waals surface area (Å²) in [5.41, 5.74) is 0.257. The maximum Gasteiger partial charge on any atom is 0.358 e. The Morgan fingerprint density at radius 1 is 1.44 bits per heavy atom. The zero-order chi connectivity index (χ0) is 11.8. The molecule has 0 atom stereocenters. The van der Waals surface area contributed by atoms with Gasteiger partial charge in [0, 0.05) is 25.5 Å². The second-order valence-electron chi connectivity index (χ2n) is 4.87. The minimum atomic E-state index is -1.02. The smallest absolute Gasteiger partial charge is 0.358 e. The molecule has 0 spiro atoms. The van der Waals surface area contributed by atoms with E-state index in [1.54, 1.807) is 0 Å². The monoisotopic (exact) mass is 221 g/mol. The number of hydrogen-bond acceptors (Lipinski definition) is 4. The Labute approximate surface area is 94.1 Å². The molecule has 0 radical (unpaired) electrons. The van der Waals surface area contributed by atoms with Gasteiger partial charge in [0.25, 0.3) is 0 Å². The molecule has 5 nitrogen and oxygen atoms in total. The normalized spacial score (nSPS) is 18.8. The number of aromatic nitrogens is 2. The standard InChI is InChI=1S/C11H15N3O2/c1-11(2)3-6-14(7-11)9-8(10(15)16)12-4-5-13-9/h4-5H,3,6-7H2,1-2H3,(H,15,16). The summed E-state index contributed by atoms with van der Waals surface area (Å²) < 4.78 is 0. The quantitative estimate of drug-likeness (QED) is 0.817. The highest BCUT2D eigenvalue weighted by atomic mass is 16.4. The predicted molar refractivity (Wildman–Crippen MR) is 59.6 cm³/mol. The SMILES string of the molecule is CC1(C)CCN(c2nccnc2C(=O)O)C1. The molecular formula is C11H15N3O2. The molecule has 0 unspecified atom stereocenters. The van der Waals surface area contributed by atoms with Crippen LogP contribution in [0.4, 0.5) is 5.82 Å². The Kier molecular flexibility index (Phi) is 2.53. The molecule has 1 aliphatic heterocycles. The van der Waals surface area contributed by atoms with E-state index in [4.69, 9.17) is 5.11 Å². The molecule has 0 bridgehead atoms. The van der Waals surface area contributed by atoms with E-state index in [1.807, 2.05) is 4.90 Å². The fourth-order valence-electron chi connectivity index (χ4n) is 2.01. The van der Waals surface area contributed by atoms with E-state index in [9.17, 15) is 4.79 Å². The lowest BCUT2D eigenvalue weighted by Crippen LogP contribution is -2.26. The predicted octanol–water partition coefficient (Wildman–Crippen LogP) is 1.41. The van der Waals surface area contributed by atoms with Crippen LogP contribution >= 0.6 is 0 Å². The van der Waals surface area contributed by atoms with Crippen LogP contribution in [-0.2, 0) is 0 Å². The Bertz CT molecular complexity index is 417. The van der Waals surface area contributed by atoms with Crippen molar-refractivity contribution in [3.05, 3.63) is 18.1 Å². The maximum absolute atomic E-state index is 11.0. The van der Waals surface area contributed by atoms with Gasteiger partial charge in [0.05, 0.1) is 0 Å². The van der Waals surface area contributed by atoms with Crippen LogP contribution in [0.15, 0.2) is 12.4 Å². The third-order valence-electron chi connectivity index (χ3n) is 2.86. The number of nitrogens with zero attached hydrogens (tertiary/aromatic N) is 3. The fourth-order valence-corrected chi connectivity index (χ4v) is 2.01. The van der Waals surface area contributed by atoms with E-state index in [0.29, 0.717) is 5.82 Å². The van der Waals surface area contributed by atoms with Crippen LogP contribution in [0, 0.1) is 5.41 Å². The van der Waals surface area contributed by atoms with E-state index in [2.05, 4.69) is 23.8 Å². The molecule has 1 N–H and O–H groups in total. The third kappa shape index (κ3) is 1.98. The lowest BCUT2D eigenvalue weighted by molar-refractivity contribution is 0.0690. The van der Waals surface area contributed by atoms with Crippen LogP contribution < -0.4 is 4.90 Å². The second kappa shape index (κ2) is 3.73. The lowest BCUT2D eigenvalue weighted by atomic mass is 9.93. The number of carbonyl (C=O) groups is 1. The number of aromatic carboxylic acids is 1. The highest BCUT2D eigenvalue weighted by Crippen LogP contribution is 2.32. The van der Waals surface area contributed by atoms with Crippen molar-refractivity contribution >= 4 is 11.8 Å². The van der Waals surface area contributed by atoms with Gasteiger partial charge < -0.3 is 10.0 Å². The molecule has 86 valence electrons. The van der Waals surface area contributed by atoms with Gasteiger partial charge in [-0.3, -0.25) is 0 Å². The molecule has 1 fully saturated rings. The summed E-state index contributed by atoms with van der Waals surface area (Å²) in [7, 11) is 0. The highest BCUT2D eigenvalue weighted by molar-refractivity contribution is 5.90. The van der Waals surface area contributed by atoms with Crippen LogP contribution in [-0.4, -0.2) is 34.1 Å². The lowest BCUT2D eigenvalue weighted by Gasteiger charge is -2.21. The first-order chi connectivity index (χ1) is 7.49. The molecule has 2 heterocycles. The van der Waals surface area contributed by atoms with Crippen molar-refractivity contribution in [2.24, 2.45) is 5.41 Å². The van der Waals surface area contributed by atoms with Gasteiger partial charge in [0.15, 0.2) is 11.5 Å². The summed E-state index contributed by atoms with van der Waals surface area (Å²) in [5, 5.41) is 9.03. The van der Waals surface area contributed by atoms with Gasteiger partial charge >= 0.3 is 5.97 Å². The first kappa shape index (κ1) is 10.9. The van der Waals surface area contributed by atoms with Gasteiger partial charge in [-0.05, 0) is 11.8 Å². The van der Waals surface area contributed by atoms with E-state index in [-0.39, 0.29) is 11.1 Å². The molecule has 16 heavy (non-hydrogen) atoms. The summed E-state index contributed by atoms with van der Waals surface area (Å²) in [6, 6.07) is 0. The molecule has 2 rings (SSSR count). The number of hydrogen-bond donors (Lipinski definition) is 1. The average molecular weight is 221 g/mol. The fraction of sp³-hybridized carbons (Fsp3) is 0.545. The van der Waals surface area contributed by atoms with Crippen LogP contribution in [0.2, 0.25) is 0 Å². The van der Waals surface area contributed by atoms with Crippen LogP contribution in [0.5, 0.6) is 0 Å². The van der Waals surface area contributed by atoms with Crippen molar-refractivity contribution in [3.8, 4) is 0 Å². The molecule has 0 aliphatic carbocycles. The minimum absolute atomic E-state index is 0.0419. The van der Waals surface area contributed by atoms with E-state index in [0.717, 1.165) is 19.5 Å². The van der Waals surface area contributed by atoms with Gasteiger partial charge in [-0.15, -0.1) is 0 Å². The van der Waals surface area contributed by atoms with Crippen LogP contribution in [0.25, 0.3) is 0 Å². The molecule has 0 saturated carbocycles. The Morgan fingerprint density at radius 3 is 2.69 bits per heavy atom. The molecule has 1 aromatic rings. The summed E-state index contributed by atoms with van der Waals surface area (Å²) in [6.45, 7) is 6.01. The second-order valence-corrected chi connectivity index (χ2v) is 4.87. The zero-order valence-electron chi connectivity index (χ0n) is 9.47. The molecule has 1 aliphatic rings. The Balaban J connectivity index is 2.31. The van der Waals surface area contributed by atoms with Crippen molar-refractivity contribution in [2.75, 3.05) is 18.0 Å². The minimum Gasteiger partial charge on any atom is -0.476 e. The topological polar surface area (TPSA) is 66.3 Å². The van der Waals surface area contributed by atoms with Crippen LogP contribution in [0.1, 0.15) is 30.8 Å². The van der Waals surface area contributed by atoms with Gasteiger partial charge in [-0.25, -0.2) is 14.8 Å². The van der Waals surface area contributed by atoms with Gasteiger partial charge in [0.1, 0.15) is 0 Å². The molecule has 1 saturated heterocycles. The number of carboxylic acids is 1. The molecule has 0 amide bonds.